The molecule has 0 saturated heterocycles. The molecule has 0 aliphatic carbocycles. The highest BCUT2D eigenvalue weighted by Crippen LogP contribution is 2.19. The van der Waals surface area contributed by atoms with Gasteiger partial charge in [0.2, 0.25) is 0 Å². The van der Waals surface area contributed by atoms with Crippen LogP contribution in [0.3, 0.4) is 0 Å². The molecule has 1 heterocycles. The van der Waals surface area contributed by atoms with Crippen LogP contribution < -0.4 is 4.74 Å². The first-order valence-electron chi connectivity index (χ1n) is 8.57. The smallest absolute Gasteiger partial charge is 0.277 e. The van der Waals surface area contributed by atoms with E-state index in [4.69, 9.17) is 11.2 Å². The van der Waals surface area contributed by atoms with Crippen molar-refractivity contribution in [1.29, 1.82) is 0 Å². The molecule has 0 bridgehead atoms. The number of rotatable bonds is 6. The maximum atomic E-state index is 13.1. The van der Waals surface area contributed by atoms with Crippen molar-refractivity contribution in [3.63, 3.8) is 0 Å². The maximum absolute atomic E-state index is 13.1. The van der Waals surface area contributed by atoms with Crippen molar-refractivity contribution in [2.75, 3.05) is 13.7 Å². The van der Waals surface area contributed by atoms with Gasteiger partial charge >= 0.3 is 0 Å². The summed E-state index contributed by atoms with van der Waals surface area (Å²) in [4.78, 5) is 14.5. The number of carbonyl (C=O) groups excluding carboxylic acids is 1. The van der Waals surface area contributed by atoms with Gasteiger partial charge in [0.25, 0.3) is 5.91 Å². The lowest BCUT2D eigenvalue weighted by atomic mass is 10.2. The number of carbonyl (C=O) groups is 1. The van der Waals surface area contributed by atoms with Crippen LogP contribution in [0, 0.1) is 25.1 Å². The van der Waals surface area contributed by atoms with E-state index in [2.05, 4.69) is 16.2 Å². The quantitative estimate of drug-likeness (QED) is 0.619. The molecule has 0 aliphatic heterocycles. The molecule has 0 spiro atoms. The Morgan fingerprint density at radius 2 is 2.04 bits per heavy atom. The molecule has 0 unspecified atom stereocenters. The number of hydrogen-bond acceptors (Lipinski definition) is 4. The van der Waals surface area contributed by atoms with Crippen molar-refractivity contribution in [3.8, 4) is 23.8 Å². The number of methoxy groups -OCH3 is 1. The van der Waals surface area contributed by atoms with Crippen LogP contribution >= 0.6 is 0 Å². The van der Waals surface area contributed by atoms with E-state index < -0.39 is 0 Å². The zero-order chi connectivity index (χ0) is 20.1. The highest BCUT2D eigenvalue weighted by atomic mass is 19.1. The molecule has 1 aromatic heterocycles. The fourth-order valence-corrected chi connectivity index (χ4v) is 2.78. The molecule has 28 heavy (non-hydrogen) atoms. The Bertz CT molecular complexity index is 1020. The Hall–Kier alpha value is -3.66. The maximum Gasteiger partial charge on any atom is 0.277 e. The van der Waals surface area contributed by atoms with Crippen molar-refractivity contribution in [1.82, 2.24) is 19.9 Å². The number of nitrogens with zero attached hydrogens (tertiary/aromatic N) is 4. The highest BCUT2D eigenvalue weighted by molar-refractivity contribution is 5.93. The first-order chi connectivity index (χ1) is 13.5. The lowest BCUT2D eigenvalue weighted by molar-refractivity contribution is 0.0759. The van der Waals surface area contributed by atoms with Crippen LogP contribution in [0.1, 0.15) is 21.7 Å². The van der Waals surface area contributed by atoms with E-state index in [0.717, 1.165) is 11.3 Å². The van der Waals surface area contributed by atoms with Crippen molar-refractivity contribution >= 4 is 5.91 Å². The van der Waals surface area contributed by atoms with Gasteiger partial charge in [-0.25, -0.2) is 9.07 Å². The Labute approximate surface area is 162 Å². The molecule has 0 atom stereocenters. The summed E-state index contributed by atoms with van der Waals surface area (Å²) in [5.41, 5.74) is 2.29. The second-order valence-electron chi connectivity index (χ2n) is 6.13. The molecule has 0 N–H and O–H groups in total. The summed E-state index contributed by atoms with van der Waals surface area (Å²) in [6.45, 7) is 2.11. The first-order valence-corrected chi connectivity index (χ1v) is 8.57. The van der Waals surface area contributed by atoms with Crippen LogP contribution in [-0.4, -0.2) is 39.5 Å². The number of terminal acetylenes is 1. The number of ether oxygens (including phenoxy) is 1. The average molecular weight is 378 g/mol. The number of halogens is 1. The minimum Gasteiger partial charge on any atom is -0.497 e. The van der Waals surface area contributed by atoms with E-state index in [1.807, 2.05) is 18.2 Å². The molecule has 6 nitrogen and oxygen atoms in total. The second-order valence-corrected chi connectivity index (χ2v) is 6.13. The van der Waals surface area contributed by atoms with Crippen molar-refractivity contribution < 1.29 is 13.9 Å². The Balaban J connectivity index is 1.88. The zero-order valence-corrected chi connectivity index (χ0v) is 15.6. The van der Waals surface area contributed by atoms with E-state index in [1.54, 1.807) is 36.9 Å². The van der Waals surface area contributed by atoms with Gasteiger partial charge in [0.1, 0.15) is 11.6 Å². The fraction of sp³-hybridized carbons (Fsp3) is 0.190. The van der Waals surface area contributed by atoms with E-state index in [9.17, 15) is 9.18 Å². The van der Waals surface area contributed by atoms with Gasteiger partial charge in [0, 0.05) is 12.6 Å². The van der Waals surface area contributed by atoms with Crippen LogP contribution in [0.25, 0.3) is 5.69 Å². The third-order valence-corrected chi connectivity index (χ3v) is 4.25. The summed E-state index contributed by atoms with van der Waals surface area (Å²) in [6, 6.07) is 13.2. The van der Waals surface area contributed by atoms with Gasteiger partial charge in [-0.15, -0.1) is 11.5 Å². The van der Waals surface area contributed by atoms with Gasteiger partial charge in [0.05, 0.1) is 25.0 Å². The number of benzene rings is 2. The topological polar surface area (TPSA) is 60.2 Å². The number of aromatic nitrogens is 3. The van der Waals surface area contributed by atoms with Gasteiger partial charge in [-0.2, -0.15) is 0 Å². The fourth-order valence-electron chi connectivity index (χ4n) is 2.78. The van der Waals surface area contributed by atoms with Crippen molar-refractivity contribution in [2.24, 2.45) is 0 Å². The molecule has 0 saturated carbocycles. The molecule has 0 radical (unpaired) electrons. The molecular weight excluding hydrogens is 359 g/mol. The van der Waals surface area contributed by atoms with Gasteiger partial charge in [-0.05, 0) is 36.8 Å². The molecule has 3 aromatic rings. The van der Waals surface area contributed by atoms with Crippen LogP contribution in [0.15, 0.2) is 48.5 Å². The molecule has 142 valence electrons. The third kappa shape index (κ3) is 4.01. The van der Waals surface area contributed by atoms with Crippen molar-refractivity contribution in [3.05, 3.63) is 71.3 Å². The number of amides is 1. The predicted octanol–water partition coefficient (Wildman–Crippen LogP) is 3.00. The van der Waals surface area contributed by atoms with Crippen LogP contribution in [-0.2, 0) is 6.54 Å². The minimum atomic E-state index is -0.339. The molecular formula is C21H19FN4O2. The Kier molecular flexibility index (Phi) is 5.70. The third-order valence-electron chi connectivity index (χ3n) is 4.25. The van der Waals surface area contributed by atoms with Crippen molar-refractivity contribution in [2.45, 2.75) is 13.5 Å². The predicted molar refractivity (Wildman–Crippen MR) is 103 cm³/mol. The Morgan fingerprint density at radius 1 is 1.29 bits per heavy atom. The monoisotopic (exact) mass is 378 g/mol. The summed E-state index contributed by atoms with van der Waals surface area (Å²) < 4.78 is 19.9. The lowest BCUT2D eigenvalue weighted by Gasteiger charge is -2.19. The first kappa shape index (κ1) is 19.1. The Morgan fingerprint density at radius 3 is 2.71 bits per heavy atom. The summed E-state index contributed by atoms with van der Waals surface area (Å²) in [7, 11) is 1.58. The van der Waals surface area contributed by atoms with E-state index in [1.165, 1.54) is 17.0 Å². The van der Waals surface area contributed by atoms with Crippen LogP contribution in [0.4, 0.5) is 4.39 Å². The average Bonchev–Trinajstić information content (AvgIpc) is 3.10. The minimum absolute atomic E-state index is 0.0989. The lowest BCUT2D eigenvalue weighted by Crippen LogP contribution is -2.31. The molecule has 0 fully saturated rings. The SMILES string of the molecule is C#CCN(Cc1ccc(F)cc1)C(=O)c1nnn(-c2cccc(OC)c2)c1C. The van der Waals surface area contributed by atoms with Gasteiger partial charge in [0.15, 0.2) is 5.69 Å². The van der Waals surface area contributed by atoms with Crippen LogP contribution in [0.5, 0.6) is 5.75 Å². The molecule has 7 heteroatoms. The number of hydrogen-bond donors (Lipinski definition) is 0. The largest absolute Gasteiger partial charge is 0.497 e. The van der Waals surface area contributed by atoms with Gasteiger partial charge in [-0.1, -0.05) is 29.3 Å². The summed E-state index contributed by atoms with van der Waals surface area (Å²) in [5.74, 6) is 2.48. The molecule has 0 aliphatic rings. The van der Waals surface area contributed by atoms with Gasteiger partial charge in [-0.3, -0.25) is 4.79 Å². The highest BCUT2D eigenvalue weighted by Gasteiger charge is 2.23. The summed E-state index contributed by atoms with van der Waals surface area (Å²) in [6.07, 6.45) is 5.43. The standard InChI is InChI=1S/C21H19FN4O2/c1-4-12-25(14-16-8-10-17(22)11-9-16)21(27)20-15(2)26(24-23-20)18-6-5-7-19(13-18)28-3/h1,5-11,13H,12,14H2,2-3H3. The molecule has 1 amide bonds. The molecule has 3 rings (SSSR count). The van der Waals surface area contributed by atoms with E-state index >= 15 is 0 Å². The van der Waals surface area contributed by atoms with E-state index in [0.29, 0.717) is 11.4 Å². The normalized spacial score (nSPS) is 10.4. The molecule has 2 aromatic carbocycles. The summed E-state index contributed by atoms with van der Waals surface area (Å²) >= 11 is 0. The van der Waals surface area contributed by atoms with Crippen LogP contribution in [0.2, 0.25) is 0 Å². The van der Waals surface area contributed by atoms with E-state index in [-0.39, 0.29) is 30.5 Å². The summed E-state index contributed by atoms with van der Waals surface area (Å²) in [5, 5.41) is 8.16. The zero-order valence-electron chi connectivity index (χ0n) is 15.6. The van der Waals surface area contributed by atoms with Gasteiger partial charge < -0.3 is 9.64 Å². The second kappa shape index (κ2) is 8.35.